The zero-order valence-corrected chi connectivity index (χ0v) is 8.61. The molecule has 1 rings (SSSR count). The predicted octanol–water partition coefficient (Wildman–Crippen LogP) is 3.15. The molecule has 1 N–H and O–H groups in total. The number of halogens is 2. The van der Waals surface area contributed by atoms with Gasteiger partial charge < -0.3 is 5.32 Å². The van der Waals surface area contributed by atoms with Gasteiger partial charge in [0.05, 0.1) is 11.6 Å². The quantitative estimate of drug-likeness (QED) is 0.788. The van der Waals surface area contributed by atoms with E-state index >= 15 is 0 Å². The number of benzene rings is 1. The number of anilines is 1. The van der Waals surface area contributed by atoms with E-state index in [-0.39, 0.29) is 0 Å². The first-order chi connectivity index (χ1) is 5.74. The second kappa shape index (κ2) is 4.39. The van der Waals surface area contributed by atoms with Crippen molar-refractivity contribution in [3.05, 3.63) is 27.7 Å². The van der Waals surface area contributed by atoms with Crippen molar-refractivity contribution < 1.29 is 0 Å². The van der Waals surface area contributed by atoms with Gasteiger partial charge in [-0.05, 0) is 34.1 Å². The molecule has 1 aromatic rings. The van der Waals surface area contributed by atoms with Crippen molar-refractivity contribution in [2.24, 2.45) is 0 Å². The van der Waals surface area contributed by atoms with Gasteiger partial charge in [-0.15, -0.1) is 6.42 Å². The molecule has 0 unspecified atom stereocenters. The van der Waals surface area contributed by atoms with Crippen molar-refractivity contribution in [2.45, 2.75) is 0 Å². The Morgan fingerprint density at radius 1 is 1.58 bits per heavy atom. The van der Waals surface area contributed by atoms with Crippen molar-refractivity contribution in [3.8, 4) is 12.3 Å². The molecule has 0 amide bonds. The minimum Gasteiger partial charge on any atom is -0.374 e. The number of rotatable bonds is 2. The van der Waals surface area contributed by atoms with Crippen LogP contribution in [0.15, 0.2) is 22.7 Å². The van der Waals surface area contributed by atoms with Crippen LogP contribution in [-0.4, -0.2) is 6.54 Å². The number of hydrogen-bond donors (Lipinski definition) is 1. The van der Waals surface area contributed by atoms with E-state index in [1.807, 2.05) is 18.2 Å². The molecule has 1 aromatic carbocycles. The van der Waals surface area contributed by atoms with Gasteiger partial charge in [0.25, 0.3) is 0 Å². The summed E-state index contributed by atoms with van der Waals surface area (Å²) in [6.45, 7) is 0.512. The SMILES string of the molecule is C#CCNc1ccc(Br)c(Cl)c1. The Labute approximate surface area is 85.2 Å². The fraction of sp³-hybridized carbons (Fsp3) is 0.111. The average Bonchev–Trinajstić information content (AvgIpc) is 2.07. The molecule has 0 radical (unpaired) electrons. The molecule has 0 bridgehead atoms. The smallest absolute Gasteiger partial charge is 0.0763 e. The van der Waals surface area contributed by atoms with Gasteiger partial charge in [-0.3, -0.25) is 0 Å². The molecule has 0 saturated carbocycles. The lowest BCUT2D eigenvalue weighted by Crippen LogP contribution is -1.97. The molecule has 0 atom stereocenters. The normalized spacial score (nSPS) is 9.08. The third kappa shape index (κ3) is 2.44. The zero-order chi connectivity index (χ0) is 8.97. The second-order valence-electron chi connectivity index (χ2n) is 2.19. The van der Waals surface area contributed by atoms with E-state index in [0.717, 1.165) is 10.2 Å². The minimum atomic E-state index is 0.512. The highest BCUT2D eigenvalue weighted by Crippen LogP contribution is 2.25. The van der Waals surface area contributed by atoms with Gasteiger partial charge in [0.2, 0.25) is 0 Å². The summed E-state index contributed by atoms with van der Waals surface area (Å²) in [6.07, 6.45) is 5.09. The third-order valence-electron chi connectivity index (χ3n) is 1.31. The van der Waals surface area contributed by atoms with E-state index < -0.39 is 0 Å². The van der Waals surface area contributed by atoms with Crippen LogP contribution in [0.4, 0.5) is 5.69 Å². The van der Waals surface area contributed by atoms with Gasteiger partial charge in [-0.2, -0.15) is 0 Å². The predicted molar refractivity (Wildman–Crippen MR) is 56.5 cm³/mol. The molecule has 0 spiro atoms. The van der Waals surface area contributed by atoms with Crippen LogP contribution < -0.4 is 5.32 Å². The second-order valence-corrected chi connectivity index (χ2v) is 3.45. The van der Waals surface area contributed by atoms with Crippen molar-refractivity contribution in [1.82, 2.24) is 0 Å². The Hall–Kier alpha value is -0.650. The van der Waals surface area contributed by atoms with Gasteiger partial charge in [0.15, 0.2) is 0 Å². The lowest BCUT2D eigenvalue weighted by molar-refractivity contribution is 1.38. The molecule has 0 aromatic heterocycles. The highest BCUT2D eigenvalue weighted by atomic mass is 79.9. The van der Waals surface area contributed by atoms with E-state index in [9.17, 15) is 0 Å². The molecule has 0 fully saturated rings. The van der Waals surface area contributed by atoms with Gasteiger partial charge >= 0.3 is 0 Å². The summed E-state index contributed by atoms with van der Waals surface area (Å²) in [5.74, 6) is 2.48. The zero-order valence-electron chi connectivity index (χ0n) is 6.27. The average molecular weight is 245 g/mol. The Bertz CT molecular complexity index is 317. The van der Waals surface area contributed by atoms with E-state index in [4.69, 9.17) is 18.0 Å². The molecular formula is C9H7BrClN. The first kappa shape index (κ1) is 9.44. The molecule has 3 heteroatoms. The Balaban J connectivity index is 2.77. The molecule has 62 valence electrons. The van der Waals surface area contributed by atoms with E-state index in [2.05, 4.69) is 27.2 Å². The van der Waals surface area contributed by atoms with Crippen LogP contribution in [0.2, 0.25) is 5.02 Å². The standard InChI is InChI=1S/C9H7BrClN/c1-2-5-12-7-3-4-8(10)9(11)6-7/h1,3-4,6,12H,5H2. The summed E-state index contributed by atoms with van der Waals surface area (Å²) in [6, 6.07) is 5.61. The van der Waals surface area contributed by atoms with Gasteiger partial charge in [-0.1, -0.05) is 17.5 Å². The van der Waals surface area contributed by atoms with Crippen LogP contribution in [0.25, 0.3) is 0 Å². The summed E-state index contributed by atoms with van der Waals surface area (Å²) < 4.78 is 0.885. The van der Waals surface area contributed by atoms with Crippen molar-refractivity contribution in [3.63, 3.8) is 0 Å². The number of hydrogen-bond acceptors (Lipinski definition) is 1. The number of nitrogens with one attached hydrogen (secondary N) is 1. The first-order valence-electron chi connectivity index (χ1n) is 3.36. The van der Waals surface area contributed by atoms with Gasteiger partial charge in [0, 0.05) is 10.2 Å². The maximum Gasteiger partial charge on any atom is 0.0763 e. The maximum absolute atomic E-state index is 5.85. The van der Waals surface area contributed by atoms with Crippen molar-refractivity contribution in [2.75, 3.05) is 11.9 Å². The van der Waals surface area contributed by atoms with E-state index in [1.165, 1.54) is 0 Å². The molecule has 0 heterocycles. The Kier molecular flexibility index (Phi) is 3.46. The minimum absolute atomic E-state index is 0.512. The molecule has 0 saturated heterocycles. The molecular weight excluding hydrogens is 237 g/mol. The van der Waals surface area contributed by atoms with E-state index in [1.54, 1.807) is 0 Å². The highest BCUT2D eigenvalue weighted by Gasteiger charge is 1.96. The summed E-state index contributed by atoms with van der Waals surface area (Å²) in [4.78, 5) is 0. The van der Waals surface area contributed by atoms with Crippen LogP contribution in [0.5, 0.6) is 0 Å². The highest BCUT2D eigenvalue weighted by molar-refractivity contribution is 9.10. The molecule has 0 aliphatic carbocycles. The fourth-order valence-electron chi connectivity index (χ4n) is 0.759. The van der Waals surface area contributed by atoms with Crippen LogP contribution in [0.1, 0.15) is 0 Å². The molecule has 0 aliphatic heterocycles. The lowest BCUT2D eigenvalue weighted by atomic mass is 10.3. The van der Waals surface area contributed by atoms with Crippen LogP contribution in [0.3, 0.4) is 0 Å². The largest absolute Gasteiger partial charge is 0.374 e. The van der Waals surface area contributed by atoms with Crippen LogP contribution >= 0.6 is 27.5 Å². The topological polar surface area (TPSA) is 12.0 Å². The van der Waals surface area contributed by atoms with Gasteiger partial charge in [0.1, 0.15) is 0 Å². The summed E-state index contributed by atoms with van der Waals surface area (Å²) in [5.41, 5.74) is 0.932. The van der Waals surface area contributed by atoms with E-state index in [0.29, 0.717) is 11.6 Å². The maximum atomic E-state index is 5.85. The van der Waals surface area contributed by atoms with Gasteiger partial charge in [-0.25, -0.2) is 0 Å². The Morgan fingerprint density at radius 3 is 2.92 bits per heavy atom. The molecule has 1 nitrogen and oxygen atoms in total. The van der Waals surface area contributed by atoms with Crippen LogP contribution in [0, 0.1) is 12.3 Å². The number of terminal acetylenes is 1. The van der Waals surface area contributed by atoms with Crippen LogP contribution in [-0.2, 0) is 0 Å². The first-order valence-corrected chi connectivity index (χ1v) is 4.53. The third-order valence-corrected chi connectivity index (χ3v) is 2.55. The van der Waals surface area contributed by atoms with Crippen molar-refractivity contribution >= 4 is 33.2 Å². The Morgan fingerprint density at radius 2 is 2.33 bits per heavy atom. The summed E-state index contributed by atoms with van der Waals surface area (Å²) in [5, 5.41) is 3.70. The molecule has 0 aliphatic rings. The molecule has 12 heavy (non-hydrogen) atoms. The summed E-state index contributed by atoms with van der Waals surface area (Å²) >= 11 is 9.15. The summed E-state index contributed by atoms with van der Waals surface area (Å²) in [7, 11) is 0. The van der Waals surface area contributed by atoms with Crippen molar-refractivity contribution in [1.29, 1.82) is 0 Å². The lowest BCUT2D eigenvalue weighted by Gasteiger charge is -2.03. The monoisotopic (exact) mass is 243 g/mol. The fourth-order valence-corrected chi connectivity index (χ4v) is 1.19.